The quantitative estimate of drug-likeness (QED) is 0.919. The van der Waals surface area contributed by atoms with Crippen molar-refractivity contribution in [1.29, 1.82) is 0 Å². The Balaban J connectivity index is 1.86. The summed E-state index contributed by atoms with van der Waals surface area (Å²) in [4.78, 5) is 0. The molecule has 3 rings (SSSR count). The van der Waals surface area contributed by atoms with Gasteiger partial charge in [0, 0.05) is 0 Å². The molecule has 1 N–H and O–H groups in total. The van der Waals surface area contributed by atoms with Crippen LogP contribution in [0.1, 0.15) is 43.7 Å². The Kier molecular flexibility index (Phi) is 4.16. The summed E-state index contributed by atoms with van der Waals surface area (Å²) < 4.78 is 11.5. The summed E-state index contributed by atoms with van der Waals surface area (Å²) in [5, 5.41) is 3.51. The molecule has 1 saturated heterocycles. The van der Waals surface area contributed by atoms with E-state index in [9.17, 15) is 0 Å². The average molecular weight is 275 g/mol. The molecule has 110 valence electrons. The highest BCUT2D eigenvalue weighted by Crippen LogP contribution is 2.37. The zero-order valence-electron chi connectivity index (χ0n) is 12.6. The Morgan fingerprint density at radius 3 is 2.60 bits per heavy atom. The summed E-state index contributed by atoms with van der Waals surface area (Å²) in [7, 11) is 0. The first-order valence-corrected chi connectivity index (χ1v) is 7.87. The molecule has 1 aromatic rings. The molecule has 0 spiro atoms. The number of piperidine rings is 1. The van der Waals surface area contributed by atoms with Crippen LogP contribution in [0.25, 0.3) is 0 Å². The van der Waals surface area contributed by atoms with Crippen LogP contribution in [0.4, 0.5) is 0 Å². The fourth-order valence-electron chi connectivity index (χ4n) is 3.27. The number of hydrogen-bond acceptors (Lipinski definition) is 3. The Morgan fingerprint density at radius 1 is 1.20 bits per heavy atom. The number of hydrogen-bond donors (Lipinski definition) is 1. The molecule has 2 aliphatic rings. The van der Waals surface area contributed by atoms with Gasteiger partial charge in [-0.1, -0.05) is 13.8 Å². The highest BCUT2D eigenvalue weighted by Gasteiger charge is 2.20. The van der Waals surface area contributed by atoms with E-state index in [1.54, 1.807) is 0 Å². The molecule has 20 heavy (non-hydrogen) atoms. The summed E-state index contributed by atoms with van der Waals surface area (Å²) >= 11 is 0. The van der Waals surface area contributed by atoms with E-state index in [0.29, 0.717) is 19.1 Å². The minimum absolute atomic E-state index is 0.525. The minimum Gasteiger partial charge on any atom is -0.486 e. The summed E-state index contributed by atoms with van der Waals surface area (Å²) in [6.07, 6.45) is 3.78. The zero-order chi connectivity index (χ0) is 13.9. The van der Waals surface area contributed by atoms with Gasteiger partial charge in [0.1, 0.15) is 13.2 Å². The molecule has 0 aliphatic carbocycles. The molecule has 2 aliphatic heterocycles. The second-order valence-corrected chi connectivity index (χ2v) is 6.27. The highest BCUT2D eigenvalue weighted by atomic mass is 16.6. The summed E-state index contributed by atoms with van der Waals surface area (Å²) in [6.45, 7) is 8.16. The SMILES string of the molecule is CC(C)c1cc2c(cc1CC1CCCNC1)OCCO2. The Labute approximate surface area is 121 Å². The summed E-state index contributed by atoms with van der Waals surface area (Å²) in [5.41, 5.74) is 2.86. The molecule has 3 heteroatoms. The van der Waals surface area contributed by atoms with Crippen molar-refractivity contribution in [3.8, 4) is 11.5 Å². The molecule has 0 saturated carbocycles. The monoisotopic (exact) mass is 275 g/mol. The van der Waals surface area contributed by atoms with Gasteiger partial charge in [0.2, 0.25) is 0 Å². The van der Waals surface area contributed by atoms with Crippen molar-refractivity contribution in [3.63, 3.8) is 0 Å². The number of nitrogens with one attached hydrogen (secondary N) is 1. The maximum absolute atomic E-state index is 5.75. The third-order valence-corrected chi connectivity index (χ3v) is 4.33. The van der Waals surface area contributed by atoms with Crippen molar-refractivity contribution in [1.82, 2.24) is 5.32 Å². The van der Waals surface area contributed by atoms with Crippen LogP contribution in [-0.4, -0.2) is 26.3 Å². The maximum atomic E-state index is 5.75. The van der Waals surface area contributed by atoms with E-state index in [-0.39, 0.29) is 0 Å². The average Bonchev–Trinajstić information content (AvgIpc) is 2.47. The molecule has 1 atom stereocenters. The van der Waals surface area contributed by atoms with E-state index in [2.05, 4.69) is 31.3 Å². The molecular formula is C17H25NO2. The summed E-state index contributed by atoms with van der Waals surface area (Å²) in [6, 6.07) is 4.42. The van der Waals surface area contributed by atoms with Gasteiger partial charge in [0.25, 0.3) is 0 Å². The molecule has 2 heterocycles. The third-order valence-electron chi connectivity index (χ3n) is 4.33. The predicted octanol–water partition coefficient (Wildman–Crippen LogP) is 3.12. The Hall–Kier alpha value is -1.22. The van der Waals surface area contributed by atoms with Crippen LogP contribution < -0.4 is 14.8 Å². The van der Waals surface area contributed by atoms with Gasteiger partial charge in [-0.2, -0.15) is 0 Å². The van der Waals surface area contributed by atoms with Crippen LogP contribution in [-0.2, 0) is 6.42 Å². The van der Waals surface area contributed by atoms with Crippen molar-refractivity contribution >= 4 is 0 Å². The van der Waals surface area contributed by atoms with Gasteiger partial charge in [0.15, 0.2) is 11.5 Å². The van der Waals surface area contributed by atoms with E-state index >= 15 is 0 Å². The molecule has 3 nitrogen and oxygen atoms in total. The standard InChI is InChI=1S/C17H25NO2/c1-12(2)15-10-17-16(19-6-7-20-17)9-14(15)8-13-4-3-5-18-11-13/h9-10,12-13,18H,3-8,11H2,1-2H3. The summed E-state index contributed by atoms with van der Waals surface area (Å²) in [5.74, 6) is 3.13. The number of rotatable bonds is 3. The fourth-order valence-corrected chi connectivity index (χ4v) is 3.27. The lowest BCUT2D eigenvalue weighted by Gasteiger charge is -2.26. The maximum Gasteiger partial charge on any atom is 0.161 e. The van der Waals surface area contributed by atoms with E-state index in [4.69, 9.17) is 9.47 Å². The Bertz CT molecular complexity index is 464. The molecule has 1 unspecified atom stereocenters. The van der Waals surface area contributed by atoms with Gasteiger partial charge in [-0.15, -0.1) is 0 Å². The number of ether oxygens (including phenoxy) is 2. The first-order valence-electron chi connectivity index (χ1n) is 7.87. The molecular weight excluding hydrogens is 250 g/mol. The topological polar surface area (TPSA) is 30.5 Å². The van der Waals surface area contributed by atoms with Gasteiger partial charge in [0.05, 0.1) is 0 Å². The lowest BCUT2D eigenvalue weighted by Crippen LogP contribution is -2.31. The van der Waals surface area contributed by atoms with Gasteiger partial charge >= 0.3 is 0 Å². The third kappa shape index (κ3) is 2.93. The van der Waals surface area contributed by atoms with Gasteiger partial charge in [-0.3, -0.25) is 0 Å². The first kappa shape index (κ1) is 13.7. The zero-order valence-corrected chi connectivity index (χ0v) is 12.6. The molecule has 0 amide bonds. The van der Waals surface area contributed by atoms with E-state index in [1.807, 2.05) is 0 Å². The van der Waals surface area contributed by atoms with Crippen molar-refractivity contribution in [2.24, 2.45) is 5.92 Å². The van der Waals surface area contributed by atoms with Crippen LogP contribution in [0.5, 0.6) is 11.5 Å². The van der Waals surface area contributed by atoms with E-state index in [1.165, 1.54) is 30.5 Å². The van der Waals surface area contributed by atoms with Crippen LogP contribution >= 0.6 is 0 Å². The molecule has 0 radical (unpaired) electrons. The largest absolute Gasteiger partial charge is 0.486 e. The van der Waals surface area contributed by atoms with Crippen LogP contribution in [0.3, 0.4) is 0 Å². The fraction of sp³-hybridized carbons (Fsp3) is 0.647. The molecule has 1 aromatic carbocycles. The van der Waals surface area contributed by atoms with Gasteiger partial charge in [-0.05, 0) is 67.4 Å². The van der Waals surface area contributed by atoms with E-state index < -0.39 is 0 Å². The van der Waals surface area contributed by atoms with Crippen molar-refractivity contribution in [2.45, 2.75) is 39.0 Å². The second-order valence-electron chi connectivity index (χ2n) is 6.27. The highest BCUT2D eigenvalue weighted by molar-refractivity contribution is 5.49. The number of fused-ring (bicyclic) bond motifs is 1. The van der Waals surface area contributed by atoms with Crippen molar-refractivity contribution in [3.05, 3.63) is 23.3 Å². The lowest BCUT2D eigenvalue weighted by atomic mass is 9.87. The first-order chi connectivity index (χ1) is 9.74. The van der Waals surface area contributed by atoms with Crippen LogP contribution in [0, 0.1) is 5.92 Å². The second kappa shape index (κ2) is 6.04. The predicted molar refractivity (Wildman–Crippen MR) is 80.8 cm³/mol. The number of benzene rings is 1. The lowest BCUT2D eigenvalue weighted by molar-refractivity contribution is 0.171. The van der Waals surface area contributed by atoms with E-state index in [0.717, 1.165) is 30.4 Å². The molecule has 0 aromatic heterocycles. The normalized spacial score (nSPS) is 22.1. The smallest absolute Gasteiger partial charge is 0.161 e. The molecule has 1 fully saturated rings. The minimum atomic E-state index is 0.525. The Morgan fingerprint density at radius 2 is 1.95 bits per heavy atom. The van der Waals surface area contributed by atoms with Gasteiger partial charge < -0.3 is 14.8 Å². The van der Waals surface area contributed by atoms with Crippen LogP contribution in [0.2, 0.25) is 0 Å². The van der Waals surface area contributed by atoms with Crippen molar-refractivity contribution < 1.29 is 9.47 Å². The van der Waals surface area contributed by atoms with Crippen LogP contribution in [0.15, 0.2) is 12.1 Å². The molecule has 0 bridgehead atoms. The van der Waals surface area contributed by atoms with Gasteiger partial charge in [-0.25, -0.2) is 0 Å². The van der Waals surface area contributed by atoms with Crippen molar-refractivity contribution in [2.75, 3.05) is 26.3 Å².